The summed E-state index contributed by atoms with van der Waals surface area (Å²) in [4.78, 5) is 15.8. The molecule has 0 aromatic carbocycles. The van der Waals surface area contributed by atoms with Crippen molar-refractivity contribution in [3.8, 4) is 0 Å². The highest BCUT2D eigenvalue weighted by atomic mass is 16.1. The van der Waals surface area contributed by atoms with Gasteiger partial charge in [0.15, 0.2) is 0 Å². The van der Waals surface area contributed by atoms with Crippen LogP contribution in [0, 0.1) is 5.92 Å². The van der Waals surface area contributed by atoms with Crippen LogP contribution in [0.1, 0.15) is 31.7 Å². The second-order valence-electron chi connectivity index (χ2n) is 3.88. The predicted octanol–water partition coefficient (Wildman–Crippen LogP) is 2.88. The molecule has 15 heavy (non-hydrogen) atoms. The zero-order valence-electron chi connectivity index (χ0n) is 9.36. The number of hydrogen-bond donors (Lipinski definition) is 0. The molecule has 0 radical (unpaired) electrons. The lowest BCUT2D eigenvalue weighted by atomic mass is 10.0. The molecule has 0 unspecified atom stereocenters. The lowest BCUT2D eigenvalue weighted by Gasteiger charge is -2.04. The Kier molecular flexibility index (Phi) is 4.22. The van der Waals surface area contributed by atoms with E-state index >= 15 is 0 Å². The molecule has 1 rings (SSSR count). The van der Waals surface area contributed by atoms with Crippen LogP contribution in [-0.2, 0) is 11.2 Å². The van der Waals surface area contributed by atoms with Gasteiger partial charge in [-0.15, -0.1) is 0 Å². The quantitative estimate of drug-likeness (QED) is 0.736. The predicted molar refractivity (Wildman–Crippen MR) is 62.5 cm³/mol. The zero-order valence-corrected chi connectivity index (χ0v) is 9.36. The Hall–Kier alpha value is -1.44. The van der Waals surface area contributed by atoms with Crippen molar-refractivity contribution in [2.45, 2.75) is 26.7 Å². The van der Waals surface area contributed by atoms with Gasteiger partial charge in [0.2, 0.25) is 0 Å². The van der Waals surface area contributed by atoms with E-state index in [-0.39, 0.29) is 5.92 Å². The van der Waals surface area contributed by atoms with E-state index in [1.807, 2.05) is 32.0 Å². The first-order chi connectivity index (χ1) is 7.13. The summed E-state index contributed by atoms with van der Waals surface area (Å²) in [5, 5.41) is 0. The summed E-state index contributed by atoms with van der Waals surface area (Å²) in [5.41, 5.74) is 1.82. The Balaban J connectivity index is 2.57. The lowest BCUT2D eigenvalue weighted by molar-refractivity contribution is -0.121. The maximum absolute atomic E-state index is 11.4. The van der Waals surface area contributed by atoms with Crippen LogP contribution in [0.25, 0.3) is 6.08 Å². The Morgan fingerprint density at radius 1 is 1.53 bits per heavy atom. The van der Waals surface area contributed by atoms with Gasteiger partial charge >= 0.3 is 0 Å². The van der Waals surface area contributed by atoms with Crippen LogP contribution in [0.4, 0.5) is 0 Å². The van der Waals surface area contributed by atoms with Gasteiger partial charge in [0.25, 0.3) is 0 Å². The number of carbonyl (C=O) groups excluding carboxylic acids is 1. The van der Waals surface area contributed by atoms with Gasteiger partial charge in [-0.1, -0.05) is 26.5 Å². The number of aromatic nitrogens is 1. The van der Waals surface area contributed by atoms with Gasteiger partial charge in [0, 0.05) is 18.0 Å². The van der Waals surface area contributed by atoms with Crippen molar-refractivity contribution in [2.24, 2.45) is 5.92 Å². The van der Waals surface area contributed by atoms with Gasteiger partial charge in [0.05, 0.1) is 5.69 Å². The summed E-state index contributed by atoms with van der Waals surface area (Å²) >= 11 is 0. The number of nitrogens with zero attached hydrogens (tertiary/aromatic N) is 1. The maximum Gasteiger partial charge on any atom is 0.135 e. The minimum atomic E-state index is 0.118. The first kappa shape index (κ1) is 11.6. The van der Waals surface area contributed by atoms with E-state index in [0.717, 1.165) is 17.8 Å². The third-order valence-electron chi connectivity index (χ3n) is 2.31. The third-order valence-corrected chi connectivity index (χ3v) is 2.31. The van der Waals surface area contributed by atoms with Crippen molar-refractivity contribution in [3.05, 3.63) is 36.2 Å². The van der Waals surface area contributed by atoms with Crippen LogP contribution in [0.3, 0.4) is 0 Å². The number of Topliss-reactive ketones (excluding diaryl/α,β-unsaturated/α-hetero) is 1. The normalized spacial score (nSPS) is 10.3. The minimum Gasteiger partial charge on any atom is -0.299 e. The molecule has 80 valence electrons. The van der Waals surface area contributed by atoms with Crippen molar-refractivity contribution in [1.82, 2.24) is 4.98 Å². The number of ketones is 1. The van der Waals surface area contributed by atoms with E-state index in [2.05, 4.69) is 11.6 Å². The van der Waals surface area contributed by atoms with Crippen molar-refractivity contribution < 1.29 is 4.79 Å². The number of rotatable bonds is 5. The second-order valence-corrected chi connectivity index (χ2v) is 3.88. The molecule has 0 fully saturated rings. The minimum absolute atomic E-state index is 0.118. The van der Waals surface area contributed by atoms with Gasteiger partial charge in [-0.05, 0) is 24.6 Å². The molecule has 0 bridgehead atoms. The molecule has 0 saturated carbocycles. The fourth-order valence-corrected chi connectivity index (χ4v) is 1.29. The molecule has 1 heterocycles. The first-order valence-corrected chi connectivity index (χ1v) is 5.24. The van der Waals surface area contributed by atoms with Crippen LogP contribution in [0.15, 0.2) is 24.8 Å². The van der Waals surface area contributed by atoms with E-state index < -0.39 is 0 Å². The number of pyridine rings is 1. The standard InChI is InChI=1S/C13H17NO/c1-4-11-6-5-7-12(14-11)8-9-13(15)10(2)3/h4-7,10H,1,8-9H2,2-3H3. The van der Waals surface area contributed by atoms with Gasteiger partial charge in [-0.2, -0.15) is 0 Å². The Morgan fingerprint density at radius 2 is 2.27 bits per heavy atom. The smallest absolute Gasteiger partial charge is 0.135 e. The molecule has 0 aliphatic heterocycles. The summed E-state index contributed by atoms with van der Waals surface area (Å²) < 4.78 is 0. The first-order valence-electron chi connectivity index (χ1n) is 5.24. The molecule has 0 amide bonds. The third kappa shape index (κ3) is 3.66. The van der Waals surface area contributed by atoms with Crippen LogP contribution in [-0.4, -0.2) is 10.8 Å². The Bertz CT molecular complexity index is 355. The molecule has 1 aromatic heterocycles. The maximum atomic E-state index is 11.4. The van der Waals surface area contributed by atoms with Gasteiger partial charge in [0.1, 0.15) is 5.78 Å². The molecule has 0 aliphatic rings. The lowest BCUT2D eigenvalue weighted by Crippen LogP contribution is -2.08. The van der Waals surface area contributed by atoms with Crippen LogP contribution in [0.2, 0.25) is 0 Å². The van der Waals surface area contributed by atoms with Gasteiger partial charge in [-0.25, -0.2) is 0 Å². The molecule has 0 saturated heterocycles. The van der Waals surface area contributed by atoms with Crippen molar-refractivity contribution >= 4 is 11.9 Å². The summed E-state index contributed by atoms with van der Waals surface area (Å²) in [6, 6.07) is 5.79. The molecular formula is C13H17NO. The molecule has 0 aliphatic carbocycles. The fourth-order valence-electron chi connectivity index (χ4n) is 1.29. The molecule has 2 heteroatoms. The molecule has 0 N–H and O–H groups in total. The monoisotopic (exact) mass is 203 g/mol. The highest BCUT2D eigenvalue weighted by Gasteiger charge is 2.07. The Morgan fingerprint density at radius 3 is 2.87 bits per heavy atom. The average Bonchev–Trinajstić information content (AvgIpc) is 2.26. The Labute approximate surface area is 91.0 Å². The van der Waals surface area contributed by atoms with Crippen LogP contribution < -0.4 is 0 Å². The SMILES string of the molecule is C=Cc1cccc(CCC(=O)C(C)C)n1. The molecule has 2 nitrogen and oxygen atoms in total. The van der Waals surface area contributed by atoms with E-state index in [1.165, 1.54) is 0 Å². The van der Waals surface area contributed by atoms with E-state index in [0.29, 0.717) is 12.2 Å². The summed E-state index contributed by atoms with van der Waals surface area (Å²) in [7, 11) is 0. The zero-order chi connectivity index (χ0) is 11.3. The van der Waals surface area contributed by atoms with Crippen molar-refractivity contribution in [1.29, 1.82) is 0 Å². The second kappa shape index (κ2) is 5.44. The molecule has 1 aromatic rings. The van der Waals surface area contributed by atoms with E-state index in [1.54, 1.807) is 6.08 Å². The summed E-state index contributed by atoms with van der Waals surface area (Å²) in [6.07, 6.45) is 3.01. The molecule has 0 spiro atoms. The number of hydrogen-bond acceptors (Lipinski definition) is 2. The van der Waals surface area contributed by atoms with Gasteiger partial charge < -0.3 is 0 Å². The summed E-state index contributed by atoms with van der Waals surface area (Å²) in [5.74, 6) is 0.411. The number of carbonyl (C=O) groups is 1. The topological polar surface area (TPSA) is 30.0 Å². The van der Waals surface area contributed by atoms with Crippen LogP contribution in [0.5, 0.6) is 0 Å². The highest BCUT2D eigenvalue weighted by Crippen LogP contribution is 2.06. The van der Waals surface area contributed by atoms with E-state index in [4.69, 9.17) is 0 Å². The fraction of sp³-hybridized carbons (Fsp3) is 0.385. The largest absolute Gasteiger partial charge is 0.299 e. The van der Waals surface area contributed by atoms with Gasteiger partial charge in [-0.3, -0.25) is 9.78 Å². The average molecular weight is 203 g/mol. The van der Waals surface area contributed by atoms with E-state index in [9.17, 15) is 4.79 Å². The highest BCUT2D eigenvalue weighted by molar-refractivity contribution is 5.80. The summed E-state index contributed by atoms with van der Waals surface area (Å²) in [6.45, 7) is 7.52. The van der Waals surface area contributed by atoms with Crippen molar-refractivity contribution in [2.75, 3.05) is 0 Å². The van der Waals surface area contributed by atoms with Crippen molar-refractivity contribution in [3.63, 3.8) is 0 Å². The van der Waals surface area contributed by atoms with Crippen LogP contribution >= 0.6 is 0 Å². The molecule has 0 atom stereocenters. The number of aryl methyl sites for hydroxylation is 1. The molecular weight excluding hydrogens is 186 g/mol.